The Morgan fingerprint density at radius 3 is 2.46 bits per heavy atom. The van der Waals surface area contributed by atoms with Crippen molar-refractivity contribution in [3.8, 4) is 5.75 Å². The molecule has 2 N–H and O–H groups in total. The molecular weight excluding hydrogens is 336 g/mol. The summed E-state index contributed by atoms with van der Waals surface area (Å²) in [7, 11) is 1.52. The molecule has 0 fully saturated rings. The zero-order valence-corrected chi connectivity index (χ0v) is 14.5. The zero-order valence-electron chi connectivity index (χ0n) is 14.5. The van der Waals surface area contributed by atoms with E-state index >= 15 is 0 Å². The molecule has 0 aliphatic carbocycles. The van der Waals surface area contributed by atoms with Crippen LogP contribution in [0.1, 0.15) is 17.3 Å². The Hall–Kier alpha value is -3.35. The molecule has 0 radical (unpaired) electrons. The van der Waals surface area contributed by atoms with Crippen LogP contribution in [0.4, 0.5) is 5.69 Å². The number of amides is 2. The van der Waals surface area contributed by atoms with E-state index in [4.69, 9.17) is 9.47 Å². The number of anilines is 1. The maximum atomic E-state index is 12.0. The van der Waals surface area contributed by atoms with E-state index in [1.807, 2.05) is 0 Å². The molecule has 2 amide bonds. The SMILES string of the molecule is COc1cccc(NC(=O)COC(=O)[C@H](C)NC(=O)c2ccccc2)c1. The highest BCUT2D eigenvalue weighted by Gasteiger charge is 2.19. The highest BCUT2D eigenvalue weighted by molar-refractivity contribution is 5.97. The molecular formula is C19H20N2O5. The molecule has 2 aromatic rings. The van der Waals surface area contributed by atoms with Crippen LogP contribution in [-0.2, 0) is 14.3 Å². The molecule has 0 aromatic heterocycles. The van der Waals surface area contributed by atoms with Gasteiger partial charge in [0.05, 0.1) is 7.11 Å². The minimum Gasteiger partial charge on any atom is -0.497 e. The van der Waals surface area contributed by atoms with Gasteiger partial charge in [0.1, 0.15) is 11.8 Å². The van der Waals surface area contributed by atoms with Gasteiger partial charge in [0.2, 0.25) is 0 Å². The summed E-state index contributed by atoms with van der Waals surface area (Å²) in [6.45, 7) is 1.03. The van der Waals surface area contributed by atoms with Crippen LogP contribution in [0.15, 0.2) is 54.6 Å². The Kier molecular flexibility index (Phi) is 6.73. The first-order chi connectivity index (χ1) is 12.5. The molecule has 26 heavy (non-hydrogen) atoms. The highest BCUT2D eigenvalue weighted by Crippen LogP contribution is 2.16. The standard InChI is InChI=1S/C19H20N2O5/c1-13(20-18(23)14-7-4-3-5-8-14)19(24)26-12-17(22)21-15-9-6-10-16(11-15)25-2/h3-11,13H,12H2,1-2H3,(H,20,23)(H,21,22)/t13-/m0/s1. The van der Waals surface area contributed by atoms with Crippen LogP contribution < -0.4 is 15.4 Å². The van der Waals surface area contributed by atoms with Gasteiger partial charge in [0.25, 0.3) is 11.8 Å². The molecule has 0 spiro atoms. The first-order valence-corrected chi connectivity index (χ1v) is 7.96. The molecule has 0 bridgehead atoms. The number of rotatable bonds is 7. The zero-order chi connectivity index (χ0) is 18.9. The van der Waals surface area contributed by atoms with Crippen molar-refractivity contribution in [2.24, 2.45) is 0 Å². The summed E-state index contributed by atoms with van der Waals surface area (Å²) in [5, 5.41) is 5.12. The van der Waals surface area contributed by atoms with Gasteiger partial charge < -0.3 is 20.1 Å². The number of methoxy groups -OCH3 is 1. The lowest BCUT2D eigenvalue weighted by Crippen LogP contribution is -2.40. The second-order valence-electron chi connectivity index (χ2n) is 5.45. The van der Waals surface area contributed by atoms with Crippen LogP contribution in [0.2, 0.25) is 0 Å². The molecule has 7 heteroatoms. The Balaban J connectivity index is 1.79. The second-order valence-corrected chi connectivity index (χ2v) is 5.45. The molecule has 1 atom stereocenters. The van der Waals surface area contributed by atoms with E-state index in [1.165, 1.54) is 14.0 Å². The van der Waals surface area contributed by atoms with E-state index < -0.39 is 30.4 Å². The lowest BCUT2D eigenvalue weighted by Gasteiger charge is -2.13. The maximum Gasteiger partial charge on any atom is 0.328 e. The third-order valence-electron chi connectivity index (χ3n) is 3.44. The number of hydrogen-bond donors (Lipinski definition) is 2. The van der Waals surface area contributed by atoms with Gasteiger partial charge >= 0.3 is 5.97 Å². The monoisotopic (exact) mass is 356 g/mol. The quantitative estimate of drug-likeness (QED) is 0.740. The van der Waals surface area contributed by atoms with E-state index in [0.717, 1.165) is 0 Å². The first kappa shape index (κ1) is 19.0. The minimum atomic E-state index is -0.882. The van der Waals surface area contributed by atoms with Crippen molar-refractivity contribution >= 4 is 23.5 Å². The van der Waals surface area contributed by atoms with E-state index in [-0.39, 0.29) is 0 Å². The van der Waals surface area contributed by atoms with Gasteiger partial charge in [-0.05, 0) is 31.2 Å². The number of esters is 1. The normalized spacial score (nSPS) is 11.2. The summed E-state index contributed by atoms with van der Waals surface area (Å²) >= 11 is 0. The fourth-order valence-corrected chi connectivity index (χ4v) is 2.09. The van der Waals surface area contributed by atoms with Crippen LogP contribution in [0.25, 0.3) is 0 Å². The fraction of sp³-hybridized carbons (Fsp3) is 0.211. The van der Waals surface area contributed by atoms with Crippen molar-refractivity contribution in [2.75, 3.05) is 19.0 Å². The second kappa shape index (κ2) is 9.22. The summed E-state index contributed by atoms with van der Waals surface area (Å²) in [5.74, 6) is -0.990. The van der Waals surface area contributed by atoms with Gasteiger partial charge in [0.15, 0.2) is 6.61 Å². The van der Waals surface area contributed by atoms with Crippen LogP contribution in [0.5, 0.6) is 5.75 Å². The van der Waals surface area contributed by atoms with Crippen LogP contribution in [0, 0.1) is 0 Å². The molecule has 2 aromatic carbocycles. The topological polar surface area (TPSA) is 93.7 Å². The van der Waals surface area contributed by atoms with E-state index in [9.17, 15) is 14.4 Å². The first-order valence-electron chi connectivity index (χ1n) is 7.96. The fourth-order valence-electron chi connectivity index (χ4n) is 2.09. The minimum absolute atomic E-state index is 0.393. The molecule has 0 heterocycles. The van der Waals surface area contributed by atoms with E-state index in [1.54, 1.807) is 54.6 Å². The predicted molar refractivity (Wildman–Crippen MR) is 96.0 cm³/mol. The Morgan fingerprint density at radius 1 is 1.04 bits per heavy atom. The van der Waals surface area contributed by atoms with Crippen molar-refractivity contribution in [3.63, 3.8) is 0 Å². The number of hydrogen-bond acceptors (Lipinski definition) is 5. The largest absolute Gasteiger partial charge is 0.497 e. The van der Waals surface area contributed by atoms with Gasteiger partial charge in [-0.2, -0.15) is 0 Å². The summed E-state index contributed by atoms with van der Waals surface area (Å²) in [6.07, 6.45) is 0. The van der Waals surface area contributed by atoms with Crippen molar-refractivity contribution in [1.82, 2.24) is 5.32 Å². The van der Waals surface area contributed by atoms with Crippen molar-refractivity contribution in [1.29, 1.82) is 0 Å². The lowest BCUT2D eigenvalue weighted by molar-refractivity contribution is -0.148. The van der Waals surface area contributed by atoms with E-state index in [2.05, 4.69) is 10.6 Å². The van der Waals surface area contributed by atoms with Gasteiger partial charge in [-0.25, -0.2) is 4.79 Å². The van der Waals surface area contributed by atoms with Gasteiger partial charge in [-0.3, -0.25) is 9.59 Å². The Morgan fingerprint density at radius 2 is 1.77 bits per heavy atom. The van der Waals surface area contributed by atoms with Crippen LogP contribution >= 0.6 is 0 Å². The summed E-state index contributed by atoms with van der Waals surface area (Å²) in [6, 6.07) is 14.4. The Labute approximate surface area is 151 Å². The number of ether oxygens (including phenoxy) is 2. The third-order valence-corrected chi connectivity index (χ3v) is 3.44. The molecule has 0 aliphatic rings. The van der Waals surface area contributed by atoms with E-state index in [0.29, 0.717) is 17.0 Å². The highest BCUT2D eigenvalue weighted by atomic mass is 16.5. The van der Waals surface area contributed by atoms with Gasteiger partial charge in [-0.15, -0.1) is 0 Å². The predicted octanol–water partition coefficient (Wildman–Crippen LogP) is 2.00. The summed E-state index contributed by atoms with van der Waals surface area (Å²) in [5.41, 5.74) is 0.957. The van der Waals surface area contributed by atoms with Crippen molar-refractivity contribution in [3.05, 3.63) is 60.2 Å². The van der Waals surface area contributed by atoms with Crippen molar-refractivity contribution in [2.45, 2.75) is 13.0 Å². The Bertz CT molecular complexity index is 777. The molecule has 0 aliphatic heterocycles. The number of carbonyl (C=O) groups is 3. The summed E-state index contributed by atoms with van der Waals surface area (Å²) in [4.78, 5) is 35.8. The average Bonchev–Trinajstić information content (AvgIpc) is 2.66. The molecule has 0 unspecified atom stereocenters. The maximum absolute atomic E-state index is 12.0. The molecule has 7 nitrogen and oxygen atoms in total. The molecule has 0 saturated carbocycles. The van der Waals surface area contributed by atoms with Crippen LogP contribution in [0.3, 0.4) is 0 Å². The van der Waals surface area contributed by atoms with Crippen LogP contribution in [-0.4, -0.2) is 37.5 Å². The molecule has 136 valence electrons. The molecule has 2 rings (SSSR count). The van der Waals surface area contributed by atoms with Gasteiger partial charge in [0, 0.05) is 17.3 Å². The molecule has 0 saturated heterocycles. The van der Waals surface area contributed by atoms with Crippen molar-refractivity contribution < 1.29 is 23.9 Å². The smallest absolute Gasteiger partial charge is 0.328 e. The van der Waals surface area contributed by atoms with Gasteiger partial charge in [-0.1, -0.05) is 24.3 Å². The number of nitrogens with one attached hydrogen (secondary N) is 2. The lowest BCUT2D eigenvalue weighted by atomic mass is 10.2. The third kappa shape index (κ3) is 5.62. The number of carbonyl (C=O) groups excluding carboxylic acids is 3. The number of benzene rings is 2. The average molecular weight is 356 g/mol. The summed E-state index contributed by atoms with van der Waals surface area (Å²) < 4.78 is 10.00.